The Labute approximate surface area is 198 Å². The largest absolute Gasteiger partial charge is 0.462 e. The molecular weight excluding hydrogens is 468 g/mol. The highest BCUT2D eigenvalue weighted by molar-refractivity contribution is 7.99. The summed E-state index contributed by atoms with van der Waals surface area (Å²) in [5.41, 5.74) is 1.81. The van der Waals surface area contributed by atoms with Crippen molar-refractivity contribution < 1.29 is 18.3 Å². The van der Waals surface area contributed by atoms with E-state index in [0.29, 0.717) is 16.6 Å². The molecule has 1 fully saturated rings. The second-order valence-electron chi connectivity index (χ2n) is 7.89. The zero-order valence-corrected chi connectivity index (χ0v) is 19.5. The molecule has 1 saturated carbocycles. The number of halogens is 3. The standard InChI is InChI=1S/C24H20ClF2N3O2S/c1-3-32-24(31)15-5-4-6-18(19(15)26)33-23-16-9-10-17(25)20(27)22(16)30(21(23)13-7-8-13)14-11-28-29(2)12-14/h4-6,9-13H,3,7-8H2,1-2H3. The number of fused-ring (bicyclic) bond motifs is 1. The number of nitrogens with zero attached hydrogens (tertiary/aromatic N) is 3. The number of esters is 1. The topological polar surface area (TPSA) is 49.1 Å². The van der Waals surface area contributed by atoms with Crippen LogP contribution in [-0.4, -0.2) is 26.9 Å². The first-order chi connectivity index (χ1) is 15.9. The summed E-state index contributed by atoms with van der Waals surface area (Å²) in [5.74, 6) is -1.70. The van der Waals surface area contributed by atoms with Gasteiger partial charge in [-0.2, -0.15) is 5.10 Å². The third-order valence-electron chi connectivity index (χ3n) is 5.59. The van der Waals surface area contributed by atoms with Gasteiger partial charge in [-0.1, -0.05) is 29.4 Å². The van der Waals surface area contributed by atoms with Crippen LogP contribution in [-0.2, 0) is 11.8 Å². The fourth-order valence-corrected chi connectivity index (χ4v) is 5.35. The molecule has 1 aliphatic carbocycles. The second-order valence-corrected chi connectivity index (χ2v) is 9.35. The predicted octanol–water partition coefficient (Wildman–Crippen LogP) is 6.50. The smallest absolute Gasteiger partial charge is 0.341 e. The first-order valence-electron chi connectivity index (χ1n) is 10.6. The molecule has 0 atom stereocenters. The fourth-order valence-electron chi connectivity index (χ4n) is 3.99. The molecule has 9 heteroatoms. The summed E-state index contributed by atoms with van der Waals surface area (Å²) in [7, 11) is 1.79. The van der Waals surface area contributed by atoms with Crippen molar-refractivity contribution >= 4 is 40.2 Å². The maximum absolute atomic E-state index is 15.4. The van der Waals surface area contributed by atoms with E-state index < -0.39 is 17.6 Å². The van der Waals surface area contributed by atoms with Gasteiger partial charge in [0, 0.05) is 40.0 Å². The predicted molar refractivity (Wildman–Crippen MR) is 123 cm³/mol. The average Bonchev–Trinajstić information content (AvgIpc) is 3.46. The summed E-state index contributed by atoms with van der Waals surface area (Å²) < 4.78 is 39.2. The summed E-state index contributed by atoms with van der Waals surface area (Å²) in [6.45, 7) is 1.82. The zero-order chi connectivity index (χ0) is 23.3. The van der Waals surface area contributed by atoms with Gasteiger partial charge >= 0.3 is 5.97 Å². The van der Waals surface area contributed by atoms with Gasteiger partial charge < -0.3 is 9.30 Å². The summed E-state index contributed by atoms with van der Waals surface area (Å²) >= 11 is 7.34. The van der Waals surface area contributed by atoms with Crippen LogP contribution in [0.2, 0.25) is 5.02 Å². The van der Waals surface area contributed by atoms with Crippen LogP contribution >= 0.6 is 23.4 Å². The lowest BCUT2D eigenvalue weighted by atomic mass is 10.2. The van der Waals surface area contributed by atoms with Crippen LogP contribution in [0.15, 0.2) is 52.5 Å². The van der Waals surface area contributed by atoms with Crippen LogP contribution in [0.5, 0.6) is 0 Å². The highest BCUT2D eigenvalue weighted by atomic mass is 35.5. The minimum atomic E-state index is -0.713. The van der Waals surface area contributed by atoms with Crippen molar-refractivity contribution in [2.75, 3.05) is 6.61 Å². The lowest BCUT2D eigenvalue weighted by Crippen LogP contribution is -2.07. The molecule has 0 unspecified atom stereocenters. The van der Waals surface area contributed by atoms with Gasteiger partial charge in [-0.3, -0.25) is 4.68 Å². The molecule has 5 nitrogen and oxygen atoms in total. The van der Waals surface area contributed by atoms with E-state index in [0.717, 1.165) is 23.4 Å². The van der Waals surface area contributed by atoms with E-state index in [4.69, 9.17) is 16.3 Å². The van der Waals surface area contributed by atoms with Gasteiger partial charge in [-0.25, -0.2) is 13.6 Å². The summed E-state index contributed by atoms with van der Waals surface area (Å²) in [6.07, 6.45) is 5.37. The Bertz CT molecular complexity index is 1390. The maximum Gasteiger partial charge on any atom is 0.341 e. The molecule has 0 N–H and O–H groups in total. The highest BCUT2D eigenvalue weighted by Crippen LogP contribution is 2.51. The van der Waals surface area contributed by atoms with Crippen LogP contribution in [0.3, 0.4) is 0 Å². The van der Waals surface area contributed by atoms with Gasteiger partial charge in [0.05, 0.1) is 34.6 Å². The van der Waals surface area contributed by atoms with E-state index in [1.165, 1.54) is 23.9 Å². The molecule has 2 heterocycles. The lowest BCUT2D eigenvalue weighted by Gasteiger charge is -2.11. The Balaban J connectivity index is 1.74. The van der Waals surface area contributed by atoms with Crippen molar-refractivity contribution in [1.29, 1.82) is 0 Å². The molecule has 33 heavy (non-hydrogen) atoms. The Hall–Kier alpha value is -2.84. The number of aromatic nitrogens is 3. The molecule has 2 aromatic carbocycles. The number of aryl methyl sites for hydroxylation is 1. The monoisotopic (exact) mass is 487 g/mol. The third kappa shape index (κ3) is 3.81. The van der Waals surface area contributed by atoms with Crippen LogP contribution in [0.4, 0.5) is 8.78 Å². The minimum absolute atomic E-state index is 0.0135. The van der Waals surface area contributed by atoms with Gasteiger partial charge in [0.15, 0.2) is 11.6 Å². The number of carbonyl (C=O) groups excluding carboxylic acids is 1. The van der Waals surface area contributed by atoms with Crippen molar-refractivity contribution in [2.45, 2.75) is 35.5 Å². The second kappa shape index (κ2) is 8.50. The van der Waals surface area contributed by atoms with E-state index in [1.807, 2.05) is 10.8 Å². The third-order valence-corrected chi connectivity index (χ3v) is 7.06. The van der Waals surface area contributed by atoms with Crippen molar-refractivity contribution in [2.24, 2.45) is 7.05 Å². The Morgan fingerprint density at radius 1 is 1.24 bits per heavy atom. The fraction of sp³-hybridized carbons (Fsp3) is 0.250. The van der Waals surface area contributed by atoms with Crippen LogP contribution < -0.4 is 0 Å². The molecule has 0 radical (unpaired) electrons. The molecule has 0 aliphatic heterocycles. The van der Waals surface area contributed by atoms with E-state index >= 15 is 8.78 Å². The molecule has 170 valence electrons. The number of rotatable bonds is 6. The van der Waals surface area contributed by atoms with Crippen LogP contribution in [0.25, 0.3) is 16.6 Å². The molecule has 2 aromatic heterocycles. The number of benzene rings is 2. The van der Waals surface area contributed by atoms with Crippen LogP contribution in [0.1, 0.15) is 41.7 Å². The summed E-state index contributed by atoms with van der Waals surface area (Å²) in [6, 6.07) is 7.90. The van der Waals surface area contributed by atoms with Crippen LogP contribution in [0, 0.1) is 11.6 Å². The Morgan fingerprint density at radius 2 is 2.03 bits per heavy atom. The van der Waals surface area contributed by atoms with Gasteiger partial charge in [0.25, 0.3) is 0 Å². The normalized spacial score (nSPS) is 13.6. The van der Waals surface area contributed by atoms with Gasteiger partial charge in [0.1, 0.15) is 0 Å². The molecule has 0 saturated heterocycles. The number of ether oxygens (including phenoxy) is 1. The average molecular weight is 488 g/mol. The van der Waals surface area contributed by atoms with E-state index in [1.54, 1.807) is 43.0 Å². The summed E-state index contributed by atoms with van der Waals surface area (Å²) in [5, 5.41) is 4.90. The van der Waals surface area contributed by atoms with Crippen molar-refractivity contribution in [1.82, 2.24) is 14.3 Å². The number of hydrogen-bond acceptors (Lipinski definition) is 4. The Morgan fingerprint density at radius 3 is 2.70 bits per heavy atom. The van der Waals surface area contributed by atoms with Gasteiger partial charge in [-0.15, -0.1) is 0 Å². The number of carbonyl (C=O) groups is 1. The summed E-state index contributed by atoms with van der Waals surface area (Å²) in [4.78, 5) is 13.2. The van der Waals surface area contributed by atoms with Crippen molar-refractivity contribution in [3.63, 3.8) is 0 Å². The highest BCUT2D eigenvalue weighted by Gasteiger charge is 2.35. The van der Waals surface area contributed by atoms with Gasteiger partial charge in [0.2, 0.25) is 0 Å². The molecule has 0 amide bonds. The molecule has 0 spiro atoms. The maximum atomic E-state index is 15.4. The zero-order valence-electron chi connectivity index (χ0n) is 17.9. The first kappa shape index (κ1) is 22.0. The van der Waals surface area contributed by atoms with E-state index in [9.17, 15) is 4.79 Å². The number of hydrogen-bond donors (Lipinski definition) is 0. The minimum Gasteiger partial charge on any atom is -0.462 e. The van der Waals surface area contributed by atoms with E-state index in [2.05, 4.69) is 5.10 Å². The first-order valence-corrected chi connectivity index (χ1v) is 11.7. The molecule has 4 aromatic rings. The van der Waals surface area contributed by atoms with E-state index in [-0.39, 0.29) is 28.0 Å². The molecular formula is C24H20ClF2N3O2S. The SMILES string of the molecule is CCOC(=O)c1cccc(Sc2c(C3CC3)n(-c3cnn(C)c3)c3c(F)c(Cl)ccc23)c1F. The van der Waals surface area contributed by atoms with Gasteiger partial charge in [-0.05, 0) is 44.0 Å². The quantitative estimate of drug-likeness (QED) is 0.291. The van der Waals surface area contributed by atoms with Crippen molar-refractivity contribution in [3.8, 4) is 5.69 Å². The molecule has 5 rings (SSSR count). The molecule has 1 aliphatic rings. The van der Waals surface area contributed by atoms with Crippen molar-refractivity contribution in [3.05, 3.63) is 70.6 Å². The Kier molecular flexibility index (Phi) is 5.66. The lowest BCUT2D eigenvalue weighted by molar-refractivity contribution is 0.0520. The molecule has 0 bridgehead atoms.